The van der Waals surface area contributed by atoms with Crippen LogP contribution in [0.5, 0.6) is 0 Å². The highest BCUT2D eigenvalue weighted by atomic mass is 32.2. The van der Waals surface area contributed by atoms with E-state index in [9.17, 15) is 12.8 Å². The zero-order chi connectivity index (χ0) is 13.9. The number of likely N-dealkylation sites (N-methyl/N-ethyl adjacent to an activating group) is 2. The lowest BCUT2D eigenvalue weighted by Crippen LogP contribution is -2.34. The number of nitrogen functional groups attached to an aromatic ring is 1. The number of sulfonamides is 1. The third kappa shape index (κ3) is 3.41. The minimum absolute atomic E-state index is 0.219. The molecule has 0 heterocycles. The molecule has 2 N–H and O–H groups in total. The van der Waals surface area contributed by atoms with Crippen LogP contribution in [0.2, 0.25) is 0 Å². The van der Waals surface area contributed by atoms with E-state index in [1.54, 1.807) is 0 Å². The maximum absolute atomic E-state index is 13.6. The maximum atomic E-state index is 13.6. The number of rotatable bonds is 5. The topological polar surface area (TPSA) is 66.6 Å². The summed E-state index contributed by atoms with van der Waals surface area (Å²) in [6.07, 6.45) is 0. The fourth-order valence-corrected chi connectivity index (χ4v) is 2.60. The van der Waals surface area contributed by atoms with Crippen molar-refractivity contribution in [3.8, 4) is 0 Å². The van der Waals surface area contributed by atoms with Gasteiger partial charge in [-0.05, 0) is 32.3 Å². The molecule has 0 bridgehead atoms. The number of anilines is 1. The molecular weight excluding hydrogens is 257 g/mol. The van der Waals surface area contributed by atoms with Gasteiger partial charge in [-0.25, -0.2) is 12.8 Å². The molecule has 0 aromatic heterocycles. The molecule has 1 aromatic carbocycles. The maximum Gasteiger partial charge on any atom is 0.245 e. The Labute approximate surface area is 107 Å². The smallest absolute Gasteiger partial charge is 0.245 e. The van der Waals surface area contributed by atoms with Crippen molar-refractivity contribution in [3.63, 3.8) is 0 Å². The van der Waals surface area contributed by atoms with E-state index in [2.05, 4.69) is 0 Å². The molecule has 5 nitrogen and oxygen atoms in total. The molecule has 0 aliphatic heterocycles. The molecular formula is C11H18FN3O2S. The lowest BCUT2D eigenvalue weighted by Gasteiger charge is -2.19. The number of hydrogen-bond acceptors (Lipinski definition) is 4. The van der Waals surface area contributed by atoms with Gasteiger partial charge in [0.05, 0.1) is 0 Å². The predicted octanol–water partition coefficient (Wildman–Crippen LogP) is 0.590. The summed E-state index contributed by atoms with van der Waals surface area (Å²) < 4.78 is 38.9. The molecule has 7 heteroatoms. The number of halogens is 1. The molecule has 1 rings (SSSR count). The summed E-state index contributed by atoms with van der Waals surface area (Å²) in [5, 5.41) is 0. The number of nitrogens with zero attached hydrogens (tertiary/aromatic N) is 2. The predicted molar refractivity (Wildman–Crippen MR) is 69.2 cm³/mol. The Balaban J connectivity index is 3.02. The molecule has 0 radical (unpaired) electrons. The first kappa shape index (κ1) is 14.9. The Kier molecular flexibility index (Phi) is 4.66. The van der Waals surface area contributed by atoms with Crippen molar-refractivity contribution >= 4 is 15.7 Å². The first-order chi connectivity index (χ1) is 8.25. The van der Waals surface area contributed by atoms with Gasteiger partial charge >= 0.3 is 0 Å². The number of hydrogen-bond donors (Lipinski definition) is 1. The fraction of sp³-hybridized carbons (Fsp3) is 0.455. The Morgan fingerprint density at radius 3 is 2.39 bits per heavy atom. The van der Waals surface area contributed by atoms with E-state index in [-0.39, 0.29) is 17.1 Å². The van der Waals surface area contributed by atoms with Gasteiger partial charge in [0.2, 0.25) is 10.0 Å². The SMILES string of the molecule is CN(C)CCN(C)S(=O)(=O)c1cc(N)ccc1F. The van der Waals surface area contributed by atoms with E-state index < -0.39 is 15.8 Å². The second-order valence-corrected chi connectivity index (χ2v) is 6.33. The Bertz CT molecular complexity index is 517. The van der Waals surface area contributed by atoms with E-state index in [1.165, 1.54) is 13.1 Å². The van der Waals surface area contributed by atoms with Crippen molar-refractivity contribution in [2.75, 3.05) is 40.0 Å². The van der Waals surface area contributed by atoms with Gasteiger partial charge in [-0.2, -0.15) is 4.31 Å². The van der Waals surface area contributed by atoms with Gasteiger partial charge in [0.25, 0.3) is 0 Å². The average molecular weight is 275 g/mol. The van der Waals surface area contributed by atoms with Crippen LogP contribution in [-0.2, 0) is 10.0 Å². The molecule has 0 amide bonds. The van der Waals surface area contributed by atoms with Crippen LogP contribution in [0.15, 0.2) is 23.1 Å². The van der Waals surface area contributed by atoms with E-state index in [1.807, 2.05) is 19.0 Å². The molecule has 18 heavy (non-hydrogen) atoms. The van der Waals surface area contributed by atoms with Crippen LogP contribution < -0.4 is 5.73 Å². The van der Waals surface area contributed by atoms with Crippen molar-refractivity contribution in [1.29, 1.82) is 0 Å². The van der Waals surface area contributed by atoms with Gasteiger partial charge in [0.1, 0.15) is 10.7 Å². The van der Waals surface area contributed by atoms with Gasteiger partial charge in [-0.3, -0.25) is 0 Å². The highest BCUT2D eigenvalue weighted by Crippen LogP contribution is 2.20. The van der Waals surface area contributed by atoms with Gasteiger partial charge < -0.3 is 10.6 Å². The van der Waals surface area contributed by atoms with Crippen LogP contribution in [0.1, 0.15) is 0 Å². The molecule has 0 fully saturated rings. The molecule has 0 atom stereocenters. The van der Waals surface area contributed by atoms with Crippen molar-refractivity contribution in [1.82, 2.24) is 9.21 Å². The second-order valence-electron chi connectivity index (χ2n) is 4.32. The van der Waals surface area contributed by atoms with Gasteiger partial charge in [0.15, 0.2) is 0 Å². The first-order valence-corrected chi connectivity index (χ1v) is 6.85. The summed E-state index contributed by atoms with van der Waals surface area (Å²) in [5.74, 6) is -0.791. The molecule has 0 aliphatic carbocycles. The lowest BCUT2D eigenvalue weighted by molar-refractivity contribution is 0.357. The van der Waals surface area contributed by atoms with Crippen molar-refractivity contribution in [2.45, 2.75) is 4.90 Å². The average Bonchev–Trinajstić information content (AvgIpc) is 2.28. The summed E-state index contributed by atoms with van der Waals surface area (Å²) in [6.45, 7) is 0.837. The molecule has 0 spiro atoms. The van der Waals surface area contributed by atoms with E-state index >= 15 is 0 Å². The summed E-state index contributed by atoms with van der Waals surface area (Å²) in [5.41, 5.74) is 5.71. The molecule has 0 unspecified atom stereocenters. The zero-order valence-corrected chi connectivity index (χ0v) is 11.5. The Morgan fingerprint density at radius 2 is 1.83 bits per heavy atom. The van der Waals surface area contributed by atoms with Crippen LogP contribution in [0, 0.1) is 5.82 Å². The fourth-order valence-electron chi connectivity index (χ4n) is 1.35. The minimum Gasteiger partial charge on any atom is -0.399 e. The quantitative estimate of drug-likeness (QED) is 0.799. The van der Waals surface area contributed by atoms with Crippen LogP contribution in [0.25, 0.3) is 0 Å². The summed E-state index contributed by atoms with van der Waals surface area (Å²) in [7, 11) is 1.25. The van der Waals surface area contributed by atoms with Crippen LogP contribution in [0.3, 0.4) is 0 Å². The number of nitrogens with two attached hydrogens (primary N) is 1. The third-order valence-electron chi connectivity index (χ3n) is 2.51. The first-order valence-electron chi connectivity index (χ1n) is 5.41. The summed E-state index contributed by atoms with van der Waals surface area (Å²) in [6, 6.07) is 3.52. The zero-order valence-electron chi connectivity index (χ0n) is 10.7. The van der Waals surface area contributed by atoms with Crippen molar-refractivity contribution in [2.24, 2.45) is 0 Å². The van der Waals surface area contributed by atoms with Crippen LogP contribution in [0.4, 0.5) is 10.1 Å². The van der Waals surface area contributed by atoms with Gasteiger partial charge in [-0.1, -0.05) is 0 Å². The van der Waals surface area contributed by atoms with Gasteiger partial charge in [0, 0.05) is 25.8 Å². The summed E-state index contributed by atoms with van der Waals surface area (Å²) in [4.78, 5) is 1.46. The molecule has 1 aromatic rings. The molecule has 0 saturated carbocycles. The molecule has 0 saturated heterocycles. The van der Waals surface area contributed by atoms with Crippen molar-refractivity contribution in [3.05, 3.63) is 24.0 Å². The van der Waals surface area contributed by atoms with Crippen LogP contribution >= 0.6 is 0 Å². The Hall–Kier alpha value is -1.18. The highest BCUT2D eigenvalue weighted by molar-refractivity contribution is 7.89. The van der Waals surface area contributed by atoms with Crippen molar-refractivity contribution < 1.29 is 12.8 Å². The van der Waals surface area contributed by atoms with Crippen LogP contribution in [-0.4, -0.2) is 51.9 Å². The monoisotopic (exact) mass is 275 g/mol. The number of benzene rings is 1. The third-order valence-corrected chi connectivity index (χ3v) is 4.38. The van der Waals surface area contributed by atoms with Gasteiger partial charge in [-0.15, -0.1) is 0 Å². The standard InChI is InChI=1S/C11H18FN3O2S/c1-14(2)6-7-15(3)18(16,17)11-8-9(13)4-5-10(11)12/h4-5,8H,6-7,13H2,1-3H3. The lowest BCUT2D eigenvalue weighted by atomic mass is 10.3. The minimum atomic E-state index is -3.84. The second kappa shape index (κ2) is 5.64. The molecule has 102 valence electrons. The molecule has 0 aliphatic rings. The normalized spacial score (nSPS) is 12.3. The largest absolute Gasteiger partial charge is 0.399 e. The van der Waals surface area contributed by atoms with E-state index in [0.29, 0.717) is 6.54 Å². The van der Waals surface area contributed by atoms with E-state index in [4.69, 9.17) is 5.73 Å². The Morgan fingerprint density at radius 1 is 1.22 bits per heavy atom. The summed E-state index contributed by atoms with van der Waals surface area (Å²) >= 11 is 0. The highest BCUT2D eigenvalue weighted by Gasteiger charge is 2.24. The van der Waals surface area contributed by atoms with E-state index in [0.717, 1.165) is 16.4 Å².